The van der Waals surface area contributed by atoms with Gasteiger partial charge in [0.25, 0.3) is 0 Å². The third kappa shape index (κ3) is 2.74. The van der Waals surface area contributed by atoms with E-state index in [0.29, 0.717) is 28.9 Å². The van der Waals surface area contributed by atoms with Crippen molar-refractivity contribution in [3.8, 4) is 11.3 Å². The number of furan rings is 1. The van der Waals surface area contributed by atoms with E-state index in [1.54, 1.807) is 6.07 Å². The number of nitrogens with one attached hydrogen (secondary N) is 1. The Morgan fingerprint density at radius 1 is 1.28 bits per heavy atom. The van der Waals surface area contributed by atoms with Crippen molar-refractivity contribution in [3.05, 3.63) is 46.9 Å². The molecule has 0 bridgehead atoms. The number of halogens is 2. The summed E-state index contributed by atoms with van der Waals surface area (Å²) >= 11 is 5.82. The van der Waals surface area contributed by atoms with Gasteiger partial charge in [-0.1, -0.05) is 11.6 Å². The van der Waals surface area contributed by atoms with E-state index in [0.717, 1.165) is 5.76 Å². The zero-order valence-corrected chi connectivity index (χ0v) is 10.5. The summed E-state index contributed by atoms with van der Waals surface area (Å²) in [7, 11) is 0. The van der Waals surface area contributed by atoms with Gasteiger partial charge in [0, 0.05) is 16.6 Å². The second kappa shape index (κ2) is 4.75. The third-order valence-electron chi connectivity index (χ3n) is 2.95. The molecule has 0 saturated heterocycles. The molecule has 0 atom stereocenters. The summed E-state index contributed by atoms with van der Waals surface area (Å²) < 4.78 is 18.9. The van der Waals surface area contributed by atoms with E-state index < -0.39 is 0 Å². The van der Waals surface area contributed by atoms with Crippen molar-refractivity contribution >= 4 is 11.6 Å². The molecule has 0 aliphatic heterocycles. The Labute approximate surface area is 110 Å². The van der Waals surface area contributed by atoms with E-state index in [2.05, 4.69) is 5.32 Å². The van der Waals surface area contributed by atoms with Crippen LogP contribution in [-0.2, 0) is 6.54 Å². The average molecular weight is 266 g/mol. The second-order valence-electron chi connectivity index (χ2n) is 4.58. The summed E-state index contributed by atoms with van der Waals surface area (Å²) in [5.41, 5.74) is 0.665. The molecule has 3 rings (SSSR count). The lowest BCUT2D eigenvalue weighted by Gasteiger charge is -2.00. The predicted octanol–water partition coefficient (Wildman–Crippen LogP) is 3.99. The number of rotatable bonds is 4. The van der Waals surface area contributed by atoms with Gasteiger partial charge in [-0.3, -0.25) is 0 Å². The molecule has 18 heavy (non-hydrogen) atoms. The van der Waals surface area contributed by atoms with E-state index in [-0.39, 0.29) is 5.82 Å². The van der Waals surface area contributed by atoms with E-state index in [1.165, 1.54) is 25.0 Å². The molecular weight excluding hydrogens is 253 g/mol. The van der Waals surface area contributed by atoms with E-state index in [4.69, 9.17) is 16.0 Å². The summed E-state index contributed by atoms with van der Waals surface area (Å²) in [6.45, 7) is 0.716. The molecule has 1 fully saturated rings. The first-order valence-electron chi connectivity index (χ1n) is 5.99. The van der Waals surface area contributed by atoms with Crippen LogP contribution in [0.2, 0.25) is 5.02 Å². The lowest BCUT2D eigenvalue weighted by Crippen LogP contribution is -2.14. The highest BCUT2D eigenvalue weighted by Crippen LogP contribution is 2.26. The van der Waals surface area contributed by atoms with Crippen LogP contribution >= 0.6 is 11.6 Å². The molecule has 1 saturated carbocycles. The first kappa shape index (κ1) is 11.8. The van der Waals surface area contributed by atoms with Crippen molar-refractivity contribution in [1.82, 2.24) is 5.32 Å². The summed E-state index contributed by atoms with van der Waals surface area (Å²) in [6.07, 6.45) is 2.49. The van der Waals surface area contributed by atoms with Crippen molar-refractivity contribution in [2.24, 2.45) is 0 Å². The SMILES string of the molecule is Fc1cc(Cl)cc(-c2ccc(CNC3CC3)o2)c1. The monoisotopic (exact) mass is 265 g/mol. The molecule has 0 spiro atoms. The molecular formula is C14H13ClFNO. The minimum atomic E-state index is -0.355. The molecule has 2 nitrogen and oxygen atoms in total. The van der Waals surface area contributed by atoms with Crippen LogP contribution in [0.4, 0.5) is 4.39 Å². The zero-order chi connectivity index (χ0) is 12.5. The lowest BCUT2D eigenvalue weighted by atomic mass is 10.2. The standard InChI is InChI=1S/C14H13ClFNO/c15-10-5-9(6-11(16)7-10)14-4-3-13(18-14)8-17-12-1-2-12/h3-7,12,17H,1-2,8H2. The predicted molar refractivity (Wildman–Crippen MR) is 69.0 cm³/mol. The molecule has 4 heteroatoms. The number of benzene rings is 1. The fraction of sp³-hybridized carbons (Fsp3) is 0.286. The zero-order valence-electron chi connectivity index (χ0n) is 9.75. The van der Waals surface area contributed by atoms with Crippen LogP contribution in [0, 0.1) is 5.82 Å². The van der Waals surface area contributed by atoms with Crippen LogP contribution in [0.25, 0.3) is 11.3 Å². The lowest BCUT2D eigenvalue weighted by molar-refractivity contribution is 0.492. The summed E-state index contributed by atoms with van der Waals surface area (Å²) in [5, 5.41) is 3.74. The van der Waals surface area contributed by atoms with Gasteiger partial charge in [-0.05, 0) is 43.2 Å². The van der Waals surface area contributed by atoms with Crippen LogP contribution in [0.1, 0.15) is 18.6 Å². The van der Waals surface area contributed by atoms with Crippen LogP contribution in [0.15, 0.2) is 34.7 Å². The molecule has 1 aliphatic rings. The number of hydrogen-bond acceptors (Lipinski definition) is 2. The second-order valence-corrected chi connectivity index (χ2v) is 5.02. The Morgan fingerprint density at radius 2 is 2.11 bits per heavy atom. The van der Waals surface area contributed by atoms with Crippen molar-refractivity contribution in [2.45, 2.75) is 25.4 Å². The number of hydrogen-bond donors (Lipinski definition) is 1. The summed E-state index contributed by atoms with van der Waals surface area (Å²) in [5.74, 6) is 1.15. The molecule has 1 heterocycles. The molecule has 1 aromatic carbocycles. The molecule has 0 radical (unpaired) electrons. The maximum Gasteiger partial charge on any atom is 0.134 e. The highest BCUT2D eigenvalue weighted by Gasteiger charge is 2.20. The molecule has 1 N–H and O–H groups in total. The van der Waals surface area contributed by atoms with E-state index >= 15 is 0 Å². The Hall–Kier alpha value is -1.32. The normalized spacial score (nSPS) is 15.0. The Bertz CT molecular complexity index is 542. The fourth-order valence-corrected chi connectivity index (χ4v) is 2.08. The molecule has 1 aliphatic carbocycles. The average Bonchev–Trinajstić information content (AvgIpc) is 3.02. The van der Waals surface area contributed by atoms with Crippen molar-refractivity contribution < 1.29 is 8.81 Å². The van der Waals surface area contributed by atoms with Crippen LogP contribution < -0.4 is 5.32 Å². The minimum Gasteiger partial charge on any atom is -0.460 e. The Morgan fingerprint density at radius 3 is 2.83 bits per heavy atom. The molecule has 1 aromatic heterocycles. The Kier molecular flexibility index (Phi) is 3.10. The minimum absolute atomic E-state index is 0.355. The van der Waals surface area contributed by atoms with Crippen LogP contribution in [-0.4, -0.2) is 6.04 Å². The van der Waals surface area contributed by atoms with Gasteiger partial charge in [0.1, 0.15) is 17.3 Å². The third-order valence-corrected chi connectivity index (χ3v) is 3.17. The first-order chi connectivity index (χ1) is 8.70. The van der Waals surface area contributed by atoms with Gasteiger partial charge >= 0.3 is 0 Å². The van der Waals surface area contributed by atoms with E-state index in [1.807, 2.05) is 12.1 Å². The van der Waals surface area contributed by atoms with Gasteiger partial charge in [0.2, 0.25) is 0 Å². The molecule has 0 amide bonds. The van der Waals surface area contributed by atoms with Crippen LogP contribution in [0.5, 0.6) is 0 Å². The highest BCUT2D eigenvalue weighted by atomic mass is 35.5. The van der Waals surface area contributed by atoms with Gasteiger partial charge in [-0.25, -0.2) is 4.39 Å². The maximum atomic E-state index is 13.2. The van der Waals surface area contributed by atoms with Crippen molar-refractivity contribution in [3.63, 3.8) is 0 Å². The largest absolute Gasteiger partial charge is 0.460 e. The first-order valence-corrected chi connectivity index (χ1v) is 6.37. The van der Waals surface area contributed by atoms with Crippen molar-refractivity contribution in [1.29, 1.82) is 0 Å². The smallest absolute Gasteiger partial charge is 0.134 e. The molecule has 0 unspecified atom stereocenters. The maximum absolute atomic E-state index is 13.2. The van der Waals surface area contributed by atoms with Crippen molar-refractivity contribution in [2.75, 3.05) is 0 Å². The van der Waals surface area contributed by atoms with Gasteiger partial charge in [-0.15, -0.1) is 0 Å². The van der Waals surface area contributed by atoms with Crippen LogP contribution in [0.3, 0.4) is 0 Å². The molecule has 2 aromatic rings. The highest BCUT2D eigenvalue weighted by molar-refractivity contribution is 6.30. The quantitative estimate of drug-likeness (QED) is 0.904. The Balaban J connectivity index is 1.78. The topological polar surface area (TPSA) is 25.2 Å². The fourth-order valence-electron chi connectivity index (χ4n) is 1.86. The van der Waals surface area contributed by atoms with Gasteiger partial charge in [0.15, 0.2) is 0 Å². The van der Waals surface area contributed by atoms with Gasteiger partial charge in [0.05, 0.1) is 6.54 Å². The molecule has 94 valence electrons. The summed E-state index contributed by atoms with van der Waals surface area (Å²) in [6, 6.07) is 8.79. The summed E-state index contributed by atoms with van der Waals surface area (Å²) in [4.78, 5) is 0. The van der Waals surface area contributed by atoms with E-state index in [9.17, 15) is 4.39 Å². The van der Waals surface area contributed by atoms with Gasteiger partial charge in [-0.2, -0.15) is 0 Å². The van der Waals surface area contributed by atoms with Gasteiger partial charge < -0.3 is 9.73 Å².